The van der Waals surface area contributed by atoms with E-state index >= 15 is 0 Å². The van der Waals surface area contributed by atoms with E-state index in [9.17, 15) is 13.2 Å². The lowest BCUT2D eigenvalue weighted by Gasteiger charge is -2.21. The fourth-order valence-corrected chi connectivity index (χ4v) is 5.74. The first kappa shape index (κ1) is 21.5. The van der Waals surface area contributed by atoms with Gasteiger partial charge in [0.05, 0.1) is 23.4 Å². The summed E-state index contributed by atoms with van der Waals surface area (Å²) in [6.07, 6.45) is 4.92. The topological polar surface area (TPSA) is 88.6 Å². The molecule has 0 aliphatic carbocycles. The van der Waals surface area contributed by atoms with Gasteiger partial charge in [-0.1, -0.05) is 18.2 Å². The quantitative estimate of drug-likeness (QED) is 0.572. The summed E-state index contributed by atoms with van der Waals surface area (Å²) in [5, 5.41) is 0.951. The molecule has 1 fully saturated rings. The number of fused-ring (bicyclic) bond motifs is 1. The molecule has 1 aliphatic heterocycles. The van der Waals surface area contributed by atoms with Crippen molar-refractivity contribution in [1.29, 1.82) is 0 Å². The van der Waals surface area contributed by atoms with Crippen molar-refractivity contribution >= 4 is 43.6 Å². The van der Waals surface area contributed by atoms with Crippen LogP contribution in [0.2, 0.25) is 0 Å². The van der Waals surface area contributed by atoms with E-state index in [4.69, 9.17) is 9.72 Å². The number of nitrogens with one attached hydrogen (secondary N) is 1. The van der Waals surface area contributed by atoms with Gasteiger partial charge >= 0.3 is 0 Å². The van der Waals surface area contributed by atoms with Crippen LogP contribution >= 0.6 is 11.3 Å². The Labute approximate surface area is 185 Å². The predicted octanol–water partition coefficient (Wildman–Crippen LogP) is 3.59. The molecule has 1 atom stereocenters. The van der Waals surface area contributed by atoms with E-state index in [1.165, 1.54) is 26.3 Å². The van der Waals surface area contributed by atoms with Gasteiger partial charge in [-0.15, -0.1) is 11.3 Å². The number of likely N-dealkylation sites (tertiary alicyclic amines) is 1. The lowest BCUT2D eigenvalue weighted by Crippen LogP contribution is -2.28. The van der Waals surface area contributed by atoms with Crippen LogP contribution in [0, 0.1) is 0 Å². The largest absolute Gasteiger partial charge is 0.495 e. The minimum atomic E-state index is -3.69. The average molecular weight is 458 g/mol. The summed E-state index contributed by atoms with van der Waals surface area (Å²) >= 11 is 1.62. The number of methoxy groups -OCH3 is 1. The van der Waals surface area contributed by atoms with Crippen LogP contribution in [-0.4, -0.2) is 44.9 Å². The van der Waals surface area contributed by atoms with Gasteiger partial charge in [-0.2, -0.15) is 0 Å². The van der Waals surface area contributed by atoms with Crippen LogP contribution in [0.5, 0.6) is 5.75 Å². The Balaban J connectivity index is 1.56. The van der Waals surface area contributed by atoms with Crippen LogP contribution in [0.3, 0.4) is 0 Å². The number of amides is 1. The summed E-state index contributed by atoms with van der Waals surface area (Å²) in [7, 11) is -0.928. The molecular weight excluding hydrogens is 434 g/mol. The van der Waals surface area contributed by atoms with Gasteiger partial charge in [0.25, 0.3) is 0 Å². The third kappa shape index (κ3) is 4.34. The van der Waals surface area contributed by atoms with Crippen LogP contribution < -0.4 is 9.46 Å². The third-order valence-electron chi connectivity index (χ3n) is 5.30. The Morgan fingerprint density at radius 2 is 2.10 bits per heavy atom. The van der Waals surface area contributed by atoms with E-state index in [-0.39, 0.29) is 22.6 Å². The van der Waals surface area contributed by atoms with E-state index < -0.39 is 10.0 Å². The second kappa shape index (κ2) is 8.78. The maximum atomic E-state index is 12.9. The van der Waals surface area contributed by atoms with Crippen molar-refractivity contribution in [2.24, 2.45) is 0 Å². The minimum absolute atomic E-state index is 0.0284. The van der Waals surface area contributed by atoms with E-state index in [1.807, 2.05) is 29.2 Å². The number of sulfonamides is 1. The summed E-state index contributed by atoms with van der Waals surface area (Å²) in [6, 6.07) is 12.7. The molecule has 4 rings (SSSR count). The molecule has 7 nitrogen and oxygen atoms in total. The Kier molecular flexibility index (Phi) is 6.08. The zero-order valence-corrected chi connectivity index (χ0v) is 18.9. The minimum Gasteiger partial charge on any atom is -0.495 e. The molecule has 3 aromatic rings. The number of hydrogen-bond acceptors (Lipinski definition) is 6. The Bertz CT molecular complexity index is 1220. The summed E-state index contributed by atoms with van der Waals surface area (Å²) in [6.45, 7) is 0.672. The van der Waals surface area contributed by atoms with Crippen LogP contribution in [0.4, 0.5) is 0 Å². The van der Waals surface area contributed by atoms with Gasteiger partial charge in [0.15, 0.2) is 0 Å². The van der Waals surface area contributed by atoms with Crippen molar-refractivity contribution in [3.8, 4) is 5.75 Å². The van der Waals surface area contributed by atoms with Gasteiger partial charge in [-0.25, -0.2) is 18.1 Å². The number of aromatic nitrogens is 1. The second-order valence-electron chi connectivity index (χ2n) is 7.16. The molecule has 1 N–H and O–H groups in total. The van der Waals surface area contributed by atoms with Crippen molar-refractivity contribution in [3.05, 3.63) is 59.1 Å². The van der Waals surface area contributed by atoms with Crippen molar-refractivity contribution in [3.63, 3.8) is 0 Å². The Morgan fingerprint density at radius 1 is 1.29 bits per heavy atom. The number of benzene rings is 2. The predicted molar refractivity (Wildman–Crippen MR) is 122 cm³/mol. The fraction of sp³-hybridized carbons (Fsp3) is 0.273. The average Bonchev–Trinajstić information content (AvgIpc) is 3.44. The molecule has 1 aromatic heterocycles. The molecule has 0 saturated carbocycles. The zero-order valence-electron chi connectivity index (χ0n) is 17.2. The summed E-state index contributed by atoms with van der Waals surface area (Å²) in [5.41, 5.74) is 1.55. The maximum absolute atomic E-state index is 12.9. The number of carbonyl (C=O) groups is 1. The zero-order chi connectivity index (χ0) is 22.0. The molecule has 0 bridgehead atoms. The summed E-state index contributed by atoms with van der Waals surface area (Å²) in [4.78, 5) is 19.5. The number of carbonyl (C=O) groups excluding carboxylic acids is 1. The van der Waals surface area contributed by atoms with Crippen molar-refractivity contribution in [1.82, 2.24) is 14.6 Å². The van der Waals surface area contributed by atoms with Gasteiger partial charge < -0.3 is 9.64 Å². The van der Waals surface area contributed by atoms with Gasteiger partial charge in [0, 0.05) is 12.6 Å². The van der Waals surface area contributed by atoms with Gasteiger partial charge in [-0.3, -0.25) is 4.79 Å². The number of ether oxygens (including phenoxy) is 1. The number of para-hydroxylation sites is 1. The monoisotopic (exact) mass is 457 g/mol. The number of thiazole rings is 1. The van der Waals surface area contributed by atoms with Crippen LogP contribution in [0.25, 0.3) is 16.3 Å². The highest BCUT2D eigenvalue weighted by Gasteiger charge is 2.31. The summed E-state index contributed by atoms with van der Waals surface area (Å²) in [5.74, 6) is 0.129. The first-order valence-electron chi connectivity index (χ1n) is 9.88. The molecule has 2 aromatic carbocycles. The third-order valence-corrected chi connectivity index (χ3v) is 7.87. The lowest BCUT2D eigenvalue weighted by molar-refractivity contribution is -0.126. The highest BCUT2D eigenvalue weighted by atomic mass is 32.2. The second-order valence-corrected chi connectivity index (χ2v) is 10.1. The first-order chi connectivity index (χ1) is 14.9. The fourth-order valence-electron chi connectivity index (χ4n) is 3.70. The lowest BCUT2D eigenvalue weighted by atomic mass is 10.2. The standard InChI is InChI=1S/C22H23N3O4S2/c1-23-31(27,28)20-14-15(9-11-18(20)29-2)10-12-21(26)25-13-5-7-17(25)22-24-16-6-3-4-8-19(16)30-22/h3-4,6,8-12,14,17,23H,5,7,13H2,1-2H3. The maximum Gasteiger partial charge on any atom is 0.247 e. The first-order valence-corrected chi connectivity index (χ1v) is 12.2. The van der Waals surface area contributed by atoms with E-state index in [0.717, 1.165) is 28.1 Å². The van der Waals surface area contributed by atoms with Gasteiger partial charge in [0.1, 0.15) is 15.7 Å². The molecule has 1 saturated heterocycles. The molecule has 1 unspecified atom stereocenters. The normalized spacial score (nSPS) is 17.0. The van der Waals surface area contributed by atoms with Crippen LogP contribution in [0.1, 0.15) is 29.5 Å². The Hall–Kier alpha value is -2.75. The molecule has 162 valence electrons. The van der Waals surface area contributed by atoms with Gasteiger partial charge in [-0.05, 0) is 55.8 Å². The van der Waals surface area contributed by atoms with Gasteiger partial charge in [0.2, 0.25) is 15.9 Å². The Morgan fingerprint density at radius 3 is 2.84 bits per heavy atom. The highest BCUT2D eigenvalue weighted by Crippen LogP contribution is 2.36. The molecule has 0 radical (unpaired) electrons. The SMILES string of the molecule is CNS(=O)(=O)c1cc(C=CC(=O)N2CCCC2c2nc3ccccc3s2)ccc1OC. The van der Waals surface area contributed by atoms with Crippen molar-refractivity contribution < 1.29 is 17.9 Å². The molecule has 2 heterocycles. The number of nitrogens with zero attached hydrogens (tertiary/aromatic N) is 2. The molecule has 0 spiro atoms. The van der Waals surface area contributed by atoms with Crippen LogP contribution in [-0.2, 0) is 14.8 Å². The molecular formula is C22H23N3O4S2. The molecule has 31 heavy (non-hydrogen) atoms. The smallest absolute Gasteiger partial charge is 0.247 e. The number of rotatable bonds is 6. The van der Waals surface area contributed by atoms with E-state index in [2.05, 4.69) is 4.72 Å². The van der Waals surface area contributed by atoms with Crippen molar-refractivity contribution in [2.75, 3.05) is 20.7 Å². The molecule has 1 amide bonds. The van der Waals surface area contributed by atoms with E-state index in [1.54, 1.807) is 29.5 Å². The highest BCUT2D eigenvalue weighted by molar-refractivity contribution is 7.89. The number of hydrogen-bond donors (Lipinski definition) is 1. The molecule has 9 heteroatoms. The van der Waals surface area contributed by atoms with Crippen molar-refractivity contribution in [2.45, 2.75) is 23.8 Å². The van der Waals surface area contributed by atoms with E-state index in [0.29, 0.717) is 12.1 Å². The van der Waals surface area contributed by atoms with Crippen LogP contribution in [0.15, 0.2) is 53.4 Å². The molecule has 1 aliphatic rings. The summed E-state index contributed by atoms with van der Waals surface area (Å²) < 4.78 is 33.1.